The number of para-hydroxylation sites is 2. The lowest BCUT2D eigenvalue weighted by molar-refractivity contribution is 0.0937. The molecular formula is C23H26N2O3S. The summed E-state index contributed by atoms with van der Waals surface area (Å²) in [6, 6.07) is 11.1. The molecule has 2 heterocycles. The highest BCUT2D eigenvalue weighted by Gasteiger charge is 2.19. The Bertz CT molecular complexity index is 1080. The Morgan fingerprint density at radius 2 is 1.90 bits per heavy atom. The summed E-state index contributed by atoms with van der Waals surface area (Å²) in [4.78, 5) is 28.6. The minimum absolute atomic E-state index is 0.0846. The van der Waals surface area contributed by atoms with E-state index in [2.05, 4.69) is 25.2 Å². The molecule has 29 heavy (non-hydrogen) atoms. The molecule has 0 saturated heterocycles. The number of carbonyl (C=O) groups is 1. The first-order valence-electron chi connectivity index (χ1n) is 9.54. The Labute approximate surface area is 175 Å². The first kappa shape index (κ1) is 20.9. The van der Waals surface area contributed by atoms with Gasteiger partial charge in [-0.2, -0.15) is 0 Å². The highest BCUT2D eigenvalue weighted by atomic mass is 32.1. The van der Waals surface area contributed by atoms with Gasteiger partial charge >= 0.3 is 0 Å². The summed E-state index contributed by atoms with van der Waals surface area (Å²) in [5, 5.41) is 2.99. The molecule has 0 aliphatic heterocycles. The third kappa shape index (κ3) is 4.43. The summed E-state index contributed by atoms with van der Waals surface area (Å²) in [6.07, 6.45) is 2.41. The monoisotopic (exact) mass is 410 g/mol. The van der Waals surface area contributed by atoms with E-state index in [0.29, 0.717) is 17.0 Å². The number of benzene rings is 1. The number of methoxy groups -OCH3 is 1. The number of amides is 1. The molecule has 0 radical (unpaired) electrons. The van der Waals surface area contributed by atoms with E-state index >= 15 is 0 Å². The van der Waals surface area contributed by atoms with Gasteiger partial charge in [-0.3, -0.25) is 14.2 Å². The maximum atomic E-state index is 13.1. The molecule has 0 bridgehead atoms. The minimum atomic E-state index is -0.359. The normalized spacial score (nSPS) is 11.9. The SMILES string of the molecule is COc1ccccc1-n1ccc(C)c(C(=O)NC(C)Cc2cc(C)c(C)s2)c1=O. The number of ether oxygens (including phenoxy) is 1. The van der Waals surface area contributed by atoms with E-state index in [-0.39, 0.29) is 23.1 Å². The van der Waals surface area contributed by atoms with Crippen molar-refractivity contribution in [2.24, 2.45) is 0 Å². The first-order valence-corrected chi connectivity index (χ1v) is 10.4. The molecule has 1 atom stereocenters. The lowest BCUT2D eigenvalue weighted by Crippen LogP contribution is -2.39. The number of hydrogen-bond acceptors (Lipinski definition) is 4. The van der Waals surface area contributed by atoms with Gasteiger partial charge < -0.3 is 10.1 Å². The number of hydrogen-bond donors (Lipinski definition) is 1. The van der Waals surface area contributed by atoms with Crippen LogP contribution in [0.25, 0.3) is 5.69 Å². The van der Waals surface area contributed by atoms with Gasteiger partial charge in [0.2, 0.25) is 0 Å². The van der Waals surface area contributed by atoms with Crippen LogP contribution in [0, 0.1) is 20.8 Å². The zero-order chi connectivity index (χ0) is 21.1. The third-order valence-corrected chi connectivity index (χ3v) is 6.15. The maximum absolute atomic E-state index is 13.1. The summed E-state index contributed by atoms with van der Waals surface area (Å²) in [6.45, 7) is 7.92. The Hall–Kier alpha value is -2.86. The number of nitrogens with one attached hydrogen (secondary N) is 1. The largest absolute Gasteiger partial charge is 0.495 e. The fourth-order valence-corrected chi connectivity index (χ4v) is 4.50. The molecule has 6 heteroatoms. The second-order valence-corrected chi connectivity index (χ2v) is 8.59. The number of thiophene rings is 1. The summed E-state index contributed by atoms with van der Waals surface area (Å²) in [5.74, 6) is 0.218. The van der Waals surface area contributed by atoms with Gasteiger partial charge in [0, 0.05) is 28.4 Å². The smallest absolute Gasteiger partial charge is 0.268 e. The Morgan fingerprint density at radius 3 is 2.55 bits per heavy atom. The topological polar surface area (TPSA) is 60.3 Å². The van der Waals surface area contributed by atoms with E-state index in [1.165, 1.54) is 19.9 Å². The number of nitrogens with zero attached hydrogens (tertiary/aromatic N) is 1. The second-order valence-electron chi connectivity index (χ2n) is 7.25. The molecular weight excluding hydrogens is 384 g/mol. The summed E-state index contributed by atoms with van der Waals surface area (Å²) in [5.41, 5.74) is 2.31. The number of carbonyl (C=O) groups excluding carboxylic acids is 1. The zero-order valence-corrected chi connectivity index (χ0v) is 18.2. The Kier molecular flexibility index (Phi) is 6.23. The van der Waals surface area contributed by atoms with E-state index in [9.17, 15) is 9.59 Å². The Balaban J connectivity index is 1.88. The van der Waals surface area contributed by atoms with Gasteiger partial charge in [-0.05, 0) is 63.1 Å². The molecule has 1 unspecified atom stereocenters. The average molecular weight is 411 g/mol. The first-order chi connectivity index (χ1) is 13.8. The second kappa shape index (κ2) is 8.66. The zero-order valence-electron chi connectivity index (χ0n) is 17.4. The van der Waals surface area contributed by atoms with Crippen LogP contribution in [-0.2, 0) is 6.42 Å². The maximum Gasteiger partial charge on any atom is 0.268 e. The van der Waals surface area contributed by atoms with Crippen molar-refractivity contribution in [3.8, 4) is 11.4 Å². The molecule has 152 valence electrons. The molecule has 0 fully saturated rings. The lowest BCUT2D eigenvalue weighted by Gasteiger charge is -2.16. The average Bonchev–Trinajstić information content (AvgIpc) is 2.98. The highest BCUT2D eigenvalue weighted by Crippen LogP contribution is 2.22. The van der Waals surface area contributed by atoms with E-state index in [1.54, 1.807) is 49.8 Å². The number of pyridine rings is 1. The molecule has 3 rings (SSSR count). The molecule has 0 aliphatic carbocycles. The van der Waals surface area contributed by atoms with Crippen molar-refractivity contribution in [2.75, 3.05) is 7.11 Å². The fourth-order valence-electron chi connectivity index (χ4n) is 3.32. The molecule has 0 spiro atoms. The predicted molar refractivity (Wildman–Crippen MR) is 118 cm³/mol. The van der Waals surface area contributed by atoms with E-state index in [1.807, 2.05) is 19.1 Å². The van der Waals surface area contributed by atoms with Crippen LogP contribution in [-0.4, -0.2) is 23.6 Å². The van der Waals surface area contributed by atoms with Gasteiger partial charge in [0.25, 0.3) is 11.5 Å². The number of rotatable bonds is 6. The van der Waals surface area contributed by atoms with Gasteiger partial charge in [0.15, 0.2) is 0 Å². The summed E-state index contributed by atoms with van der Waals surface area (Å²) in [7, 11) is 1.56. The van der Waals surface area contributed by atoms with Crippen LogP contribution in [0.15, 0.2) is 47.4 Å². The quantitative estimate of drug-likeness (QED) is 0.663. The molecule has 3 aromatic rings. The molecule has 1 aromatic carbocycles. The van der Waals surface area contributed by atoms with Gasteiger partial charge in [-0.25, -0.2) is 0 Å². The molecule has 5 nitrogen and oxygen atoms in total. The van der Waals surface area contributed by atoms with E-state index in [0.717, 1.165) is 6.42 Å². The fraction of sp³-hybridized carbons (Fsp3) is 0.304. The summed E-state index contributed by atoms with van der Waals surface area (Å²) < 4.78 is 6.82. The van der Waals surface area contributed by atoms with Gasteiger partial charge in [-0.15, -0.1) is 11.3 Å². The molecule has 1 N–H and O–H groups in total. The lowest BCUT2D eigenvalue weighted by atomic mass is 10.1. The predicted octanol–water partition coefficient (Wildman–Crippen LogP) is 4.19. The summed E-state index contributed by atoms with van der Waals surface area (Å²) >= 11 is 1.74. The van der Waals surface area contributed by atoms with Crippen LogP contribution < -0.4 is 15.6 Å². The third-order valence-electron chi connectivity index (χ3n) is 4.97. The van der Waals surface area contributed by atoms with Crippen LogP contribution in [0.1, 0.15) is 38.2 Å². The van der Waals surface area contributed by atoms with Crippen molar-refractivity contribution >= 4 is 17.2 Å². The number of aryl methyl sites for hydroxylation is 3. The van der Waals surface area contributed by atoms with Crippen LogP contribution in [0.2, 0.25) is 0 Å². The minimum Gasteiger partial charge on any atom is -0.495 e. The molecule has 1 amide bonds. The van der Waals surface area contributed by atoms with Crippen molar-refractivity contribution in [2.45, 2.75) is 40.2 Å². The van der Waals surface area contributed by atoms with Crippen molar-refractivity contribution in [3.05, 3.63) is 79.4 Å². The molecule has 0 saturated carbocycles. The van der Waals surface area contributed by atoms with Gasteiger partial charge in [-0.1, -0.05) is 12.1 Å². The highest BCUT2D eigenvalue weighted by molar-refractivity contribution is 7.12. The number of aromatic nitrogens is 1. The van der Waals surface area contributed by atoms with Gasteiger partial charge in [0.1, 0.15) is 11.3 Å². The van der Waals surface area contributed by atoms with Crippen molar-refractivity contribution in [3.63, 3.8) is 0 Å². The van der Waals surface area contributed by atoms with Crippen LogP contribution in [0.3, 0.4) is 0 Å². The van der Waals surface area contributed by atoms with Crippen molar-refractivity contribution in [1.29, 1.82) is 0 Å². The van der Waals surface area contributed by atoms with Crippen molar-refractivity contribution in [1.82, 2.24) is 9.88 Å². The van der Waals surface area contributed by atoms with Crippen LogP contribution in [0.5, 0.6) is 5.75 Å². The van der Waals surface area contributed by atoms with Gasteiger partial charge in [0.05, 0.1) is 12.8 Å². The van der Waals surface area contributed by atoms with Crippen LogP contribution >= 0.6 is 11.3 Å². The van der Waals surface area contributed by atoms with E-state index < -0.39 is 0 Å². The molecule has 0 aliphatic rings. The van der Waals surface area contributed by atoms with Crippen LogP contribution in [0.4, 0.5) is 0 Å². The molecule has 2 aromatic heterocycles. The van der Waals surface area contributed by atoms with E-state index in [4.69, 9.17) is 4.74 Å². The van der Waals surface area contributed by atoms with Crippen molar-refractivity contribution < 1.29 is 9.53 Å². The Morgan fingerprint density at radius 1 is 1.17 bits per heavy atom. The standard InChI is InChI=1S/C23H26N2O3S/c1-14-10-11-25(19-8-6-7-9-20(19)28-5)23(27)21(14)22(26)24-16(3)13-18-12-15(2)17(4)29-18/h6-12,16H,13H2,1-5H3,(H,24,26).